The third-order valence-corrected chi connectivity index (χ3v) is 6.74. The van der Waals surface area contributed by atoms with Gasteiger partial charge in [-0.1, -0.05) is 6.07 Å². The normalized spacial score (nSPS) is 19.2. The minimum absolute atomic E-state index is 0. The number of hydrogen-bond donors (Lipinski definition) is 1. The van der Waals surface area contributed by atoms with Crippen LogP contribution in [0.15, 0.2) is 42.5 Å². The van der Waals surface area contributed by atoms with Crippen LogP contribution in [0.1, 0.15) is 53.1 Å². The van der Waals surface area contributed by atoms with E-state index in [-0.39, 0.29) is 24.1 Å². The number of nitrogens with zero attached hydrogens (tertiary/aromatic N) is 1. The number of nitrogens with one attached hydrogen (secondary N) is 1. The lowest BCUT2D eigenvalue weighted by Gasteiger charge is -2.38. The summed E-state index contributed by atoms with van der Waals surface area (Å²) >= 11 is 0. The van der Waals surface area contributed by atoms with Gasteiger partial charge in [0.1, 0.15) is 11.6 Å². The third kappa shape index (κ3) is 5.78. The number of piperidine rings is 1. The van der Waals surface area contributed by atoms with Crippen LogP contribution in [0.5, 0.6) is 5.75 Å². The fourth-order valence-corrected chi connectivity index (χ4v) is 5.04. The van der Waals surface area contributed by atoms with Crippen molar-refractivity contribution in [1.82, 2.24) is 10.2 Å². The lowest BCUT2D eigenvalue weighted by molar-refractivity contribution is 0.0942. The largest absolute Gasteiger partial charge is 0.497 e. The maximum Gasteiger partial charge on any atom is 0.251 e. The standard InChI is InChI=1S/C25H31FN2O2.ClH/c1-30-22-10-7-18-3-2-4-23(24(18)17-22)19-11-14-28(15-12-19)16-13-27-25(29)20-5-8-21(26)9-6-20;/h5-10,17,19,23H,2-4,11-16H2,1H3,(H,27,29);1H. The maximum atomic E-state index is 13.0. The monoisotopic (exact) mass is 446 g/mol. The lowest BCUT2D eigenvalue weighted by Crippen LogP contribution is -2.40. The van der Waals surface area contributed by atoms with Gasteiger partial charge in [0.15, 0.2) is 0 Å². The fraction of sp³-hybridized carbons (Fsp3) is 0.480. The summed E-state index contributed by atoms with van der Waals surface area (Å²) in [5, 5.41) is 2.95. The van der Waals surface area contributed by atoms with E-state index in [0.717, 1.165) is 31.3 Å². The molecule has 1 atom stereocenters. The van der Waals surface area contributed by atoms with Gasteiger partial charge in [-0.15, -0.1) is 12.4 Å². The number of amides is 1. The third-order valence-electron chi connectivity index (χ3n) is 6.74. The van der Waals surface area contributed by atoms with E-state index in [9.17, 15) is 9.18 Å². The molecule has 1 amide bonds. The van der Waals surface area contributed by atoms with Crippen LogP contribution in [0, 0.1) is 11.7 Å². The van der Waals surface area contributed by atoms with Gasteiger partial charge in [-0.2, -0.15) is 0 Å². The van der Waals surface area contributed by atoms with Gasteiger partial charge < -0.3 is 15.0 Å². The molecule has 2 aromatic rings. The van der Waals surface area contributed by atoms with E-state index in [1.165, 1.54) is 67.5 Å². The Balaban J connectivity index is 0.00000272. The van der Waals surface area contributed by atoms with Gasteiger partial charge in [-0.25, -0.2) is 4.39 Å². The summed E-state index contributed by atoms with van der Waals surface area (Å²) in [6.07, 6.45) is 6.14. The molecule has 6 heteroatoms. The highest BCUT2D eigenvalue weighted by Gasteiger charge is 2.31. The van der Waals surface area contributed by atoms with Crippen LogP contribution in [-0.2, 0) is 6.42 Å². The summed E-state index contributed by atoms with van der Waals surface area (Å²) in [4.78, 5) is 14.6. The van der Waals surface area contributed by atoms with Crippen LogP contribution in [0.25, 0.3) is 0 Å². The second-order valence-electron chi connectivity index (χ2n) is 8.51. The molecule has 4 rings (SSSR count). The smallest absolute Gasteiger partial charge is 0.251 e. The van der Waals surface area contributed by atoms with Crippen molar-refractivity contribution in [2.24, 2.45) is 5.92 Å². The first-order chi connectivity index (χ1) is 14.6. The predicted octanol–water partition coefficient (Wildman–Crippen LogP) is 4.82. The molecule has 1 unspecified atom stereocenters. The number of fused-ring (bicyclic) bond motifs is 1. The fourth-order valence-electron chi connectivity index (χ4n) is 5.04. The predicted molar refractivity (Wildman–Crippen MR) is 124 cm³/mol. The second-order valence-corrected chi connectivity index (χ2v) is 8.51. The molecule has 1 saturated heterocycles. The number of aryl methyl sites for hydroxylation is 1. The van der Waals surface area contributed by atoms with Crippen LogP contribution in [0.4, 0.5) is 4.39 Å². The zero-order chi connectivity index (χ0) is 20.9. The van der Waals surface area contributed by atoms with Crippen molar-refractivity contribution in [3.8, 4) is 5.75 Å². The van der Waals surface area contributed by atoms with Gasteiger partial charge in [0.2, 0.25) is 0 Å². The van der Waals surface area contributed by atoms with E-state index in [1.54, 1.807) is 7.11 Å². The van der Waals surface area contributed by atoms with Crippen LogP contribution in [0.3, 0.4) is 0 Å². The minimum Gasteiger partial charge on any atom is -0.497 e. The van der Waals surface area contributed by atoms with Crippen molar-refractivity contribution >= 4 is 18.3 Å². The number of hydrogen-bond acceptors (Lipinski definition) is 3. The van der Waals surface area contributed by atoms with E-state index < -0.39 is 0 Å². The van der Waals surface area contributed by atoms with Gasteiger partial charge in [0.25, 0.3) is 5.91 Å². The van der Waals surface area contributed by atoms with Crippen molar-refractivity contribution in [3.63, 3.8) is 0 Å². The highest BCUT2D eigenvalue weighted by Crippen LogP contribution is 2.42. The lowest BCUT2D eigenvalue weighted by atomic mass is 9.72. The van der Waals surface area contributed by atoms with Gasteiger partial charge in [0, 0.05) is 18.7 Å². The number of methoxy groups -OCH3 is 1. The first kappa shape index (κ1) is 23.6. The Bertz CT molecular complexity index is 866. The zero-order valence-corrected chi connectivity index (χ0v) is 18.9. The first-order valence-electron chi connectivity index (χ1n) is 11.1. The summed E-state index contributed by atoms with van der Waals surface area (Å²) in [7, 11) is 1.74. The Kier molecular flexibility index (Phi) is 8.33. The van der Waals surface area contributed by atoms with Gasteiger partial charge >= 0.3 is 0 Å². The molecule has 1 fully saturated rings. The molecule has 31 heavy (non-hydrogen) atoms. The Morgan fingerprint density at radius 1 is 1.13 bits per heavy atom. The topological polar surface area (TPSA) is 41.6 Å². The van der Waals surface area contributed by atoms with Gasteiger partial charge in [-0.05, 0) is 105 Å². The molecule has 1 aliphatic heterocycles. The van der Waals surface area contributed by atoms with Crippen molar-refractivity contribution in [2.45, 2.75) is 38.0 Å². The average molecular weight is 447 g/mol. The van der Waals surface area contributed by atoms with E-state index in [2.05, 4.69) is 28.4 Å². The highest BCUT2D eigenvalue weighted by atomic mass is 35.5. The molecule has 0 spiro atoms. The molecule has 1 aliphatic carbocycles. The molecule has 2 aliphatic rings. The van der Waals surface area contributed by atoms with Crippen LogP contribution < -0.4 is 10.1 Å². The zero-order valence-electron chi connectivity index (χ0n) is 18.1. The van der Waals surface area contributed by atoms with Crippen LogP contribution in [-0.4, -0.2) is 44.1 Å². The van der Waals surface area contributed by atoms with E-state index in [0.29, 0.717) is 18.0 Å². The van der Waals surface area contributed by atoms with Crippen LogP contribution >= 0.6 is 12.4 Å². The SMILES string of the molecule is COc1ccc2c(c1)C(C1CCN(CCNC(=O)c3ccc(F)cc3)CC1)CCC2.Cl. The number of ether oxygens (including phenoxy) is 1. The Hall–Kier alpha value is -2.11. The first-order valence-corrected chi connectivity index (χ1v) is 11.1. The number of carbonyl (C=O) groups is 1. The average Bonchev–Trinajstić information content (AvgIpc) is 2.79. The Labute approximate surface area is 190 Å². The number of benzene rings is 2. The molecule has 1 N–H and O–H groups in total. The van der Waals surface area contributed by atoms with Gasteiger partial charge in [-0.3, -0.25) is 4.79 Å². The molecule has 2 aromatic carbocycles. The number of likely N-dealkylation sites (tertiary alicyclic amines) is 1. The Morgan fingerprint density at radius 2 is 1.87 bits per heavy atom. The Morgan fingerprint density at radius 3 is 2.58 bits per heavy atom. The maximum absolute atomic E-state index is 13.0. The molecule has 0 saturated carbocycles. The summed E-state index contributed by atoms with van der Waals surface area (Å²) < 4.78 is 18.5. The minimum atomic E-state index is -0.326. The number of carbonyl (C=O) groups excluding carboxylic acids is 1. The number of halogens is 2. The summed E-state index contributed by atoms with van der Waals surface area (Å²) in [5.74, 6) is 1.87. The molecular formula is C25H32ClFN2O2. The van der Waals surface area contributed by atoms with Crippen molar-refractivity contribution in [1.29, 1.82) is 0 Å². The molecule has 168 valence electrons. The van der Waals surface area contributed by atoms with E-state index in [1.807, 2.05) is 0 Å². The number of rotatable bonds is 6. The molecule has 0 bridgehead atoms. The molecule has 0 radical (unpaired) electrons. The summed E-state index contributed by atoms with van der Waals surface area (Å²) in [6.45, 7) is 3.62. The summed E-state index contributed by atoms with van der Waals surface area (Å²) in [6, 6.07) is 12.3. The van der Waals surface area contributed by atoms with Crippen molar-refractivity contribution < 1.29 is 13.9 Å². The van der Waals surface area contributed by atoms with Gasteiger partial charge in [0.05, 0.1) is 7.11 Å². The second kappa shape index (κ2) is 11.0. The van der Waals surface area contributed by atoms with Crippen LogP contribution in [0.2, 0.25) is 0 Å². The van der Waals surface area contributed by atoms with E-state index >= 15 is 0 Å². The molecule has 4 nitrogen and oxygen atoms in total. The molecular weight excluding hydrogens is 415 g/mol. The highest BCUT2D eigenvalue weighted by molar-refractivity contribution is 5.94. The van der Waals surface area contributed by atoms with Crippen molar-refractivity contribution in [2.75, 3.05) is 33.3 Å². The summed E-state index contributed by atoms with van der Waals surface area (Å²) in [5.41, 5.74) is 3.50. The molecule has 0 aromatic heterocycles. The van der Waals surface area contributed by atoms with E-state index in [4.69, 9.17) is 4.74 Å². The quantitative estimate of drug-likeness (QED) is 0.691. The van der Waals surface area contributed by atoms with Crippen molar-refractivity contribution in [3.05, 3.63) is 65.0 Å². The molecule has 1 heterocycles.